The Morgan fingerprint density at radius 1 is 0.868 bits per heavy atom. The van der Waals surface area contributed by atoms with E-state index in [0.717, 1.165) is 17.8 Å². The molecule has 4 aromatic rings. The first-order valence-electron chi connectivity index (χ1n) is 12.0. The van der Waals surface area contributed by atoms with Crippen molar-refractivity contribution in [3.63, 3.8) is 0 Å². The highest BCUT2D eigenvalue weighted by atomic mass is 19.1. The molecule has 1 amide bonds. The van der Waals surface area contributed by atoms with Crippen molar-refractivity contribution < 1.29 is 18.3 Å². The number of hydrogen-bond donors (Lipinski definition) is 1. The van der Waals surface area contributed by atoms with Gasteiger partial charge in [-0.3, -0.25) is 9.59 Å². The third-order valence-electron chi connectivity index (χ3n) is 6.25. The Kier molecular flexibility index (Phi) is 7.14. The van der Waals surface area contributed by atoms with Gasteiger partial charge in [-0.25, -0.2) is 8.78 Å². The predicted molar refractivity (Wildman–Crippen MR) is 139 cm³/mol. The highest BCUT2D eigenvalue weighted by molar-refractivity contribution is 5.94. The van der Waals surface area contributed by atoms with Crippen molar-refractivity contribution in [2.24, 2.45) is 0 Å². The fourth-order valence-corrected chi connectivity index (χ4v) is 4.06. The number of carbonyl (C=O) groups is 1. The van der Waals surface area contributed by atoms with Gasteiger partial charge in [-0.1, -0.05) is 0 Å². The van der Waals surface area contributed by atoms with Crippen molar-refractivity contribution >= 4 is 17.3 Å². The number of rotatable bonds is 6. The molecular weight excluding hydrogens is 492 g/mol. The van der Waals surface area contributed by atoms with Crippen LogP contribution in [0.3, 0.4) is 0 Å². The number of likely N-dealkylation sites (N-methyl/N-ethyl adjacent to an activating group) is 1. The summed E-state index contributed by atoms with van der Waals surface area (Å²) in [6.45, 7) is 2.98. The maximum atomic E-state index is 13.5. The van der Waals surface area contributed by atoms with Gasteiger partial charge in [0.2, 0.25) is 0 Å². The number of nitrogens with zero attached hydrogens (tertiary/aromatic N) is 4. The van der Waals surface area contributed by atoms with E-state index in [4.69, 9.17) is 4.74 Å². The summed E-state index contributed by atoms with van der Waals surface area (Å²) in [5, 5.41) is 7.24. The molecule has 1 aromatic heterocycles. The average Bonchev–Trinajstić information content (AvgIpc) is 2.93. The second kappa shape index (κ2) is 10.8. The Morgan fingerprint density at radius 3 is 2.11 bits per heavy atom. The molecule has 5 rings (SSSR count). The lowest BCUT2D eigenvalue weighted by Gasteiger charge is -2.32. The second-order valence-electron chi connectivity index (χ2n) is 8.93. The number of nitrogens with one attached hydrogen (secondary N) is 1. The SMILES string of the molecule is CN1CCN(C(=O)c2ccc(Nc3c(Oc4ccc(F)cc4)cnn(-c4ccc(F)cc4)c3=O)cc2)CC1. The third kappa shape index (κ3) is 5.55. The number of benzene rings is 3. The van der Waals surface area contributed by atoms with Gasteiger partial charge >= 0.3 is 0 Å². The molecule has 1 N–H and O–H groups in total. The Hall–Kier alpha value is -4.57. The molecule has 1 aliphatic rings. The fourth-order valence-electron chi connectivity index (χ4n) is 4.06. The number of hydrogen-bond acceptors (Lipinski definition) is 6. The van der Waals surface area contributed by atoms with Crippen molar-refractivity contribution in [1.29, 1.82) is 0 Å². The van der Waals surface area contributed by atoms with E-state index >= 15 is 0 Å². The van der Waals surface area contributed by atoms with Crippen LogP contribution in [0, 0.1) is 11.6 Å². The molecule has 0 radical (unpaired) electrons. The minimum Gasteiger partial charge on any atom is -0.453 e. The average molecular weight is 518 g/mol. The van der Waals surface area contributed by atoms with E-state index in [1.807, 2.05) is 11.9 Å². The zero-order chi connectivity index (χ0) is 26.6. The summed E-state index contributed by atoms with van der Waals surface area (Å²) in [6, 6.07) is 17.5. The minimum atomic E-state index is -0.547. The van der Waals surface area contributed by atoms with Crippen LogP contribution in [0.5, 0.6) is 11.5 Å². The van der Waals surface area contributed by atoms with Crippen molar-refractivity contribution in [3.05, 3.63) is 107 Å². The molecule has 1 aliphatic heterocycles. The van der Waals surface area contributed by atoms with E-state index in [2.05, 4.69) is 15.3 Å². The first-order chi connectivity index (χ1) is 18.4. The fraction of sp³-hybridized carbons (Fsp3) is 0.179. The lowest BCUT2D eigenvalue weighted by molar-refractivity contribution is 0.0664. The van der Waals surface area contributed by atoms with Crippen molar-refractivity contribution in [1.82, 2.24) is 19.6 Å². The first-order valence-corrected chi connectivity index (χ1v) is 12.0. The molecule has 0 atom stereocenters. The van der Waals surface area contributed by atoms with Gasteiger partial charge in [0.25, 0.3) is 11.5 Å². The van der Waals surface area contributed by atoms with E-state index in [1.165, 1.54) is 54.7 Å². The van der Waals surface area contributed by atoms with Crippen LogP contribution in [0.25, 0.3) is 5.69 Å². The lowest BCUT2D eigenvalue weighted by atomic mass is 10.1. The number of carbonyl (C=O) groups excluding carboxylic acids is 1. The Bertz CT molecular complexity index is 1480. The zero-order valence-electron chi connectivity index (χ0n) is 20.6. The highest BCUT2D eigenvalue weighted by Gasteiger charge is 2.21. The molecule has 0 spiro atoms. The minimum absolute atomic E-state index is 0.0486. The van der Waals surface area contributed by atoms with Crippen molar-refractivity contribution in [2.45, 2.75) is 0 Å². The van der Waals surface area contributed by atoms with Gasteiger partial charge in [-0.05, 0) is 79.8 Å². The summed E-state index contributed by atoms with van der Waals surface area (Å²) in [5.74, 6) is -0.497. The first kappa shape index (κ1) is 25.1. The Labute approximate surface area is 217 Å². The van der Waals surface area contributed by atoms with Crippen LogP contribution in [0.2, 0.25) is 0 Å². The Balaban J connectivity index is 1.45. The lowest BCUT2D eigenvalue weighted by Crippen LogP contribution is -2.47. The van der Waals surface area contributed by atoms with Crippen LogP contribution in [0.1, 0.15) is 10.4 Å². The van der Waals surface area contributed by atoms with Crippen LogP contribution >= 0.6 is 0 Å². The number of aromatic nitrogens is 2. The molecule has 10 heteroatoms. The third-order valence-corrected chi connectivity index (χ3v) is 6.25. The molecule has 0 aliphatic carbocycles. The van der Waals surface area contributed by atoms with Gasteiger partial charge < -0.3 is 19.9 Å². The number of anilines is 2. The molecule has 38 heavy (non-hydrogen) atoms. The molecule has 0 bridgehead atoms. The monoisotopic (exact) mass is 517 g/mol. The van der Waals surface area contributed by atoms with Crippen LogP contribution in [0.15, 0.2) is 83.8 Å². The van der Waals surface area contributed by atoms with Gasteiger partial charge in [-0.2, -0.15) is 9.78 Å². The predicted octanol–water partition coefficient (Wildman–Crippen LogP) is 4.43. The molecule has 0 saturated carbocycles. The van der Waals surface area contributed by atoms with Gasteiger partial charge in [0, 0.05) is 37.4 Å². The smallest absolute Gasteiger partial charge is 0.299 e. The summed E-state index contributed by atoms with van der Waals surface area (Å²) in [5.41, 5.74) is 0.959. The van der Waals surface area contributed by atoms with E-state index < -0.39 is 17.2 Å². The van der Waals surface area contributed by atoms with E-state index in [1.54, 1.807) is 24.3 Å². The molecule has 1 fully saturated rings. The maximum absolute atomic E-state index is 13.5. The van der Waals surface area contributed by atoms with Crippen LogP contribution < -0.4 is 15.6 Å². The van der Waals surface area contributed by atoms with Gasteiger partial charge in [0.1, 0.15) is 17.4 Å². The molecular formula is C28H25F2N5O3. The van der Waals surface area contributed by atoms with Crippen LogP contribution in [0.4, 0.5) is 20.2 Å². The molecule has 0 unspecified atom stereocenters. The van der Waals surface area contributed by atoms with Crippen LogP contribution in [-0.4, -0.2) is 58.7 Å². The summed E-state index contributed by atoms with van der Waals surface area (Å²) in [7, 11) is 2.03. The molecule has 194 valence electrons. The molecule has 8 nitrogen and oxygen atoms in total. The summed E-state index contributed by atoms with van der Waals surface area (Å²) in [6.07, 6.45) is 1.35. The van der Waals surface area contributed by atoms with Gasteiger partial charge in [0.15, 0.2) is 11.4 Å². The van der Waals surface area contributed by atoms with Crippen molar-refractivity contribution in [3.8, 4) is 17.2 Å². The highest BCUT2D eigenvalue weighted by Crippen LogP contribution is 2.29. The summed E-state index contributed by atoms with van der Waals surface area (Å²) in [4.78, 5) is 30.4. The molecule has 3 aromatic carbocycles. The van der Waals surface area contributed by atoms with E-state index in [-0.39, 0.29) is 17.3 Å². The second-order valence-corrected chi connectivity index (χ2v) is 8.93. The van der Waals surface area contributed by atoms with Gasteiger partial charge in [0.05, 0.1) is 11.9 Å². The van der Waals surface area contributed by atoms with E-state index in [9.17, 15) is 18.4 Å². The number of ether oxygens (including phenoxy) is 1. The molecule has 1 saturated heterocycles. The quantitative estimate of drug-likeness (QED) is 0.408. The standard InChI is InChI=1S/C28H25F2N5O3/c1-33-14-16-34(17-15-33)27(36)19-2-8-22(9-3-19)32-26-25(38-24-12-6-21(30)7-13-24)18-31-35(28(26)37)23-10-4-20(29)5-11-23/h2-13,18,32H,14-17H2,1H3. The van der Waals surface area contributed by atoms with Crippen LogP contribution in [-0.2, 0) is 0 Å². The van der Waals surface area contributed by atoms with Crippen molar-refractivity contribution in [2.75, 3.05) is 38.5 Å². The normalized spacial score (nSPS) is 13.8. The molecule has 2 heterocycles. The maximum Gasteiger partial charge on any atom is 0.299 e. The summed E-state index contributed by atoms with van der Waals surface area (Å²) < 4.78 is 33.8. The van der Waals surface area contributed by atoms with E-state index in [0.29, 0.717) is 35.8 Å². The zero-order valence-corrected chi connectivity index (χ0v) is 20.6. The number of piperazine rings is 1. The number of amides is 1. The largest absolute Gasteiger partial charge is 0.453 e. The number of halogens is 2. The summed E-state index contributed by atoms with van der Waals surface area (Å²) >= 11 is 0. The Morgan fingerprint density at radius 2 is 1.47 bits per heavy atom. The van der Waals surface area contributed by atoms with Gasteiger partial charge in [-0.15, -0.1) is 0 Å². The topological polar surface area (TPSA) is 79.7 Å².